The molecule has 1 heterocycles. The molecule has 0 saturated carbocycles. The Morgan fingerprint density at radius 1 is 1.27 bits per heavy atom. The van der Waals surface area contributed by atoms with Gasteiger partial charge in [0.1, 0.15) is 5.82 Å². The van der Waals surface area contributed by atoms with Crippen LogP contribution in [-0.4, -0.2) is 15.2 Å². The second-order valence-electron chi connectivity index (χ2n) is 3.63. The zero-order valence-corrected chi connectivity index (χ0v) is 9.34. The van der Waals surface area contributed by atoms with Crippen LogP contribution >= 0.6 is 12.2 Å². The van der Waals surface area contributed by atoms with Gasteiger partial charge in [0.2, 0.25) is 4.77 Å². The molecule has 2 aromatic rings. The van der Waals surface area contributed by atoms with Gasteiger partial charge in [0.05, 0.1) is 0 Å². The fraction of sp³-hybridized carbons (Fsp3) is 0.273. The molecule has 0 aliphatic heterocycles. The number of nitrogens with one attached hydrogen (secondary N) is 2. The van der Waals surface area contributed by atoms with Gasteiger partial charge in [0.15, 0.2) is 0 Å². The van der Waals surface area contributed by atoms with E-state index in [0.717, 1.165) is 12.2 Å². The average Bonchev–Trinajstić information content (AvgIpc) is 2.65. The lowest BCUT2D eigenvalue weighted by Gasteiger charge is -2.08. The summed E-state index contributed by atoms with van der Waals surface area (Å²) in [5.41, 5.74) is 1.32. The third-order valence-electron chi connectivity index (χ3n) is 2.42. The van der Waals surface area contributed by atoms with Crippen LogP contribution in [0.1, 0.15) is 24.2 Å². The van der Waals surface area contributed by atoms with Crippen molar-refractivity contribution in [3.63, 3.8) is 0 Å². The molecule has 0 fully saturated rings. The predicted octanol–water partition coefficient (Wildman–Crippen LogP) is 2.81. The van der Waals surface area contributed by atoms with Crippen molar-refractivity contribution >= 4 is 12.2 Å². The van der Waals surface area contributed by atoms with E-state index in [1.165, 1.54) is 5.56 Å². The van der Waals surface area contributed by atoms with Crippen molar-refractivity contribution < 1.29 is 0 Å². The van der Waals surface area contributed by atoms with Crippen LogP contribution in [0.25, 0.3) is 0 Å². The molecular formula is C11H13N3S. The van der Waals surface area contributed by atoms with Crippen LogP contribution in [0.15, 0.2) is 30.3 Å². The van der Waals surface area contributed by atoms with Gasteiger partial charge in [0, 0.05) is 6.42 Å². The number of hydrogen-bond acceptors (Lipinski definition) is 2. The van der Waals surface area contributed by atoms with E-state index in [1.54, 1.807) is 0 Å². The molecule has 0 spiro atoms. The van der Waals surface area contributed by atoms with Crippen LogP contribution in [-0.2, 0) is 6.42 Å². The van der Waals surface area contributed by atoms with Crippen molar-refractivity contribution in [2.24, 2.45) is 0 Å². The Hall–Kier alpha value is -1.42. The molecule has 15 heavy (non-hydrogen) atoms. The zero-order valence-electron chi connectivity index (χ0n) is 8.53. The normalized spacial score (nSPS) is 12.6. The molecule has 0 saturated heterocycles. The summed E-state index contributed by atoms with van der Waals surface area (Å²) in [4.78, 5) is 4.18. The zero-order chi connectivity index (χ0) is 10.7. The second-order valence-corrected chi connectivity index (χ2v) is 4.02. The third-order valence-corrected chi connectivity index (χ3v) is 2.61. The van der Waals surface area contributed by atoms with Crippen LogP contribution < -0.4 is 0 Å². The maximum Gasteiger partial charge on any atom is 0.213 e. The molecule has 0 bridgehead atoms. The van der Waals surface area contributed by atoms with E-state index in [9.17, 15) is 0 Å². The predicted molar refractivity (Wildman–Crippen MR) is 62.3 cm³/mol. The summed E-state index contributed by atoms with van der Waals surface area (Å²) in [6.07, 6.45) is 0.872. The van der Waals surface area contributed by atoms with Crippen molar-refractivity contribution in [2.45, 2.75) is 19.3 Å². The molecular weight excluding hydrogens is 206 g/mol. The largest absolute Gasteiger partial charge is 0.286 e. The summed E-state index contributed by atoms with van der Waals surface area (Å²) in [6, 6.07) is 10.4. The van der Waals surface area contributed by atoms with Crippen molar-refractivity contribution in [1.29, 1.82) is 0 Å². The SMILES string of the molecule is CC(Cc1nc(=S)[nH][nH]1)c1ccccc1. The summed E-state index contributed by atoms with van der Waals surface area (Å²) in [5.74, 6) is 1.36. The van der Waals surface area contributed by atoms with Crippen LogP contribution in [0.4, 0.5) is 0 Å². The van der Waals surface area contributed by atoms with Crippen LogP contribution in [0, 0.1) is 4.77 Å². The minimum Gasteiger partial charge on any atom is -0.286 e. The lowest BCUT2D eigenvalue weighted by molar-refractivity contribution is 0.721. The van der Waals surface area contributed by atoms with E-state index in [2.05, 4.69) is 46.4 Å². The van der Waals surface area contributed by atoms with E-state index in [-0.39, 0.29) is 0 Å². The quantitative estimate of drug-likeness (QED) is 0.780. The maximum absolute atomic E-state index is 4.90. The van der Waals surface area contributed by atoms with Crippen LogP contribution in [0.2, 0.25) is 0 Å². The molecule has 1 unspecified atom stereocenters. The Kier molecular flexibility index (Phi) is 2.97. The van der Waals surface area contributed by atoms with Gasteiger partial charge in [-0.15, -0.1) is 0 Å². The third kappa shape index (κ3) is 2.53. The molecule has 1 atom stereocenters. The number of H-pyrrole nitrogens is 2. The number of rotatable bonds is 3. The lowest BCUT2D eigenvalue weighted by atomic mass is 9.98. The molecule has 4 heteroatoms. The Balaban J connectivity index is 2.10. The van der Waals surface area contributed by atoms with Crippen LogP contribution in [0.5, 0.6) is 0 Å². The fourth-order valence-corrected chi connectivity index (χ4v) is 1.75. The Bertz CT molecular complexity index is 472. The number of aromatic amines is 2. The summed E-state index contributed by atoms with van der Waals surface area (Å²) in [6.45, 7) is 2.18. The molecule has 3 nitrogen and oxygen atoms in total. The minimum absolute atomic E-state index is 0.445. The standard InChI is InChI=1S/C11H13N3S/c1-8(9-5-3-2-4-6-9)7-10-12-11(15)14-13-10/h2-6,8H,7H2,1H3,(H2,12,13,14,15). The first kappa shape index (κ1) is 10.1. The fourth-order valence-electron chi connectivity index (χ4n) is 1.59. The number of aromatic nitrogens is 3. The van der Waals surface area contributed by atoms with E-state index in [1.807, 2.05) is 6.07 Å². The molecule has 0 aliphatic rings. The molecule has 1 aromatic carbocycles. The van der Waals surface area contributed by atoms with Gasteiger partial charge >= 0.3 is 0 Å². The molecule has 2 rings (SSSR count). The number of hydrogen-bond donors (Lipinski definition) is 2. The van der Waals surface area contributed by atoms with Gasteiger partial charge in [-0.1, -0.05) is 37.3 Å². The van der Waals surface area contributed by atoms with Crippen molar-refractivity contribution in [3.05, 3.63) is 46.5 Å². The molecule has 0 aliphatic carbocycles. The smallest absolute Gasteiger partial charge is 0.213 e. The van der Waals surface area contributed by atoms with Gasteiger partial charge in [-0.05, 0) is 23.7 Å². The highest BCUT2D eigenvalue weighted by atomic mass is 32.1. The van der Waals surface area contributed by atoms with Gasteiger partial charge in [0.25, 0.3) is 0 Å². The molecule has 1 aromatic heterocycles. The van der Waals surface area contributed by atoms with Crippen molar-refractivity contribution in [3.8, 4) is 0 Å². The van der Waals surface area contributed by atoms with Gasteiger partial charge in [-0.3, -0.25) is 10.2 Å². The van der Waals surface area contributed by atoms with E-state index in [0.29, 0.717) is 10.7 Å². The highest BCUT2D eigenvalue weighted by Crippen LogP contribution is 2.17. The second kappa shape index (κ2) is 4.40. The first-order valence-corrected chi connectivity index (χ1v) is 5.35. The Morgan fingerprint density at radius 3 is 2.60 bits per heavy atom. The van der Waals surface area contributed by atoms with E-state index >= 15 is 0 Å². The number of nitrogens with zero attached hydrogens (tertiary/aromatic N) is 1. The highest BCUT2D eigenvalue weighted by molar-refractivity contribution is 7.71. The lowest BCUT2D eigenvalue weighted by Crippen LogP contribution is -1.99. The van der Waals surface area contributed by atoms with E-state index in [4.69, 9.17) is 12.2 Å². The van der Waals surface area contributed by atoms with Crippen molar-refractivity contribution in [1.82, 2.24) is 15.2 Å². The monoisotopic (exact) mass is 219 g/mol. The molecule has 0 radical (unpaired) electrons. The number of benzene rings is 1. The summed E-state index contributed by atoms with van der Waals surface area (Å²) >= 11 is 4.90. The molecule has 0 amide bonds. The summed E-state index contributed by atoms with van der Waals surface area (Å²) in [7, 11) is 0. The van der Waals surface area contributed by atoms with Gasteiger partial charge in [-0.25, -0.2) is 4.98 Å². The average molecular weight is 219 g/mol. The topological polar surface area (TPSA) is 44.5 Å². The van der Waals surface area contributed by atoms with Gasteiger partial charge in [-0.2, -0.15) is 0 Å². The first-order chi connectivity index (χ1) is 7.25. The molecule has 78 valence electrons. The molecule has 2 N–H and O–H groups in total. The van der Waals surface area contributed by atoms with Crippen LogP contribution in [0.3, 0.4) is 0 Å². The Morgan fingerprint density at radius 2 is 2.00 bits per heavy atom. The van der Waals surface area contributed by atoms with Gasteiger partial charge < -0.3 is 0 Å². The highest BCUT2D eigenvalue weighted by Gasteiger charge is 2.07. The Labute approximate surface area is 93.6 Å². The summed E-state index contributed by atoms with van der Waals surface area (Å²) < 4.78 is 0.519. The van der Waals surface area contributed by atoms with Crippen molar-refractivity contribution in [2.75, 3.05) is 0 Å². The maximum atomic E-state index is 4.90. The summed E-state index contributed by atoms with van der Waals surface area (Å²) in [5, 5.41) is 5.77. The van der Waals surface area contributed by atoms with E-state index < -0.39 is 0 Å². The minimum atomic E-state index is 0.445. The first-order valence-electron chi connectivity index (χ1n) is 4.94.